The molecule has 0 atom stereocenters. The summed E-state index contributed by atoms with van der Waals surface area (Å²) in [6.07, 6.45) is 6.29. The summed E-state index contributed by atoms with van der Waals surface area (Å²) in [6.45, 7) is 0.526. The van der Waals surface area contributed by atoms with E-state index < -0.39 is 5.41 Å². The summed E-state index contributed by atoms with van der Waals surface area (Å²) in [4.78, 5) is 16.8. The highest BCUT2D eigenvalue weighted by atomic mass is 16.5. The van der Waals surface area contributed by atoms with Crippen LogP contribution < -0.4 is 10.1 Å². The number of hydrogen-bond donors (Lipinski definition) is 1. The van der Waals surface area contributed by atoms with Crippen LogP contribution >= 0.6 is 0 Å². The highest BCUT2D eigenvalue weighted by molar-refractivity contribution is 5.90. The number of benzene rings is 1. The fourth-order valence-electron chi connectivity index (χ4n) is 3.04. The monoisotopic (exact) mass is 296 g/mol. The van der Waals surface area contributed by atoms with Crippen LogP contribution in [-0.2, 0) is 16.8 Å². The summed E-state index contributed by atoms with van der Waals surface area (Å²) in [5.74, 6) is 0.876. The molecule has 1 aromatic heterocycles. The predicted octanol–water partition coefficient (Wildman–Crippen LogP) is 2.83. The molecule has 0 spiro atoms. The fourth-order valence-corrected chi connectivity index (χ4v) is 3.04. The number of para-hydroxylation sites is 1. The number of methoxy groups -OCH3 is 1. The van der Waals surface area contributed by atoms with Crippen molar-refractivity contribution < 1.29 is 9.53 Å². The average molecular weight is 296 g/mol. The molecular formula is C18H20N2O2. The summed E-state index contributed by atoms with van der Waals surface area (Å²) >= 11 is 0. The molecule has 4 heteroatoms. The van der Waals surface area contributed by atoms with Gasteiger partial charge in [0.1, 0.15) is 5.75 Å². The van der Waals surface area contributed by atoms with Crippen LogP contribution in [0, 0.1) is 0 Å². The minimum absolute atomic E-state index is 0.0834. The Bertz CT molecular complexity index is 651. The van der Waals surface area contributed by atoms with Crippen molar-refractivity contribution in [2.75, 3.05) is 7.11 Å². The summed E-state index contributed by atoms with van der Waals surface area (Å²) in [7, 11) is 1.65. The van der Waals surface area contributed by atoms with Gasteiger partial charge >= 0.3 is 0 Å². The van der Waals surface area contributed by atoms with Gasteiger partial charge in [0, 0.05) is 24.5 Å². The quantitative estimate of drug-likeness (QED) is 0.923. The van der Waals surface area contributed by atoms with E-state index in [4.69, 9.17) is 4.74 Å². The maximum absolute atomic E-state index is 12.8. The van der Waals surface area contributed by atoms with Crippen molar-refractivity contribution >= 4 is 5.91 Å². The van der Waals surface area contributed by atoms with Crippen molar-refractivity contribution in [1.29, 1.82) is 0 Å². The Kier molecular flexibility index (Phi) is 4.09. The van der Waals surface area contributed by atoms with Gasteiger partial charge in [0.2, 0.25) is 5.91 Å². The molecule has 1 saturated carbocycles. The zero-order chi connectivity index (χ0) is 15.4. The third-order valence-corrected chi connectivity index (χ3v) is 4.47. The number of aromatic nitrogens is 1. The van der Waals surface area contributed by atoms with Gasteiger partial charge in [-0.05, 0) is 36.6 Å². The Hall–Kier alpha value is -2.36. The van der Waals surface area contributed by atoms with Crippen LogP contribution in [0.2, 0.25) is 0 Å². The minimum Gasteiger partial charge on any atom is -0.496 e. The first-order chi connectivity index (χ1) is 10.8. The first kappa shape index (κ1) is 14.6. The second kappa shape index (κ2) is 6.18. The third kappa shape index (κ3) is 2.56. The molecule has 1 heterocycles. The van der Waals surface area contributed by atoms with Crippen molar-refractivity contribution in [1.82, 2.24) is 10.3 Å². The van der Waals surface area contributed by atoms with E-state index >= 15 is 0 Å². The zero-order valence-electron chi connectivity index (χ0n) is 12.7. The molecule has 22 heavy (non-hydrogen) atoms. The molecule has 1 N–H and O–H groups in total. The lowest BCUT2D eigenvalue weighted by molar-refractivity contribution is -0.130. The van der Waals surface area contributed by atoms with Gasteiger partial charge in [-0.15, -0.1) is 0 Å². The molecule has 0 aliphatic heterocycles. The molecule has 1 amide bonds. The Labute approximate surface area is 130 Å². The van der Waals surface area contributed by atoms with E-state index in [9.17, 15) is 4.79 Å². The molecule has 1 aliphatic rings. The second-order valence-electron chi connectivity index (χ2n) is 5.67. The van der Waals surface area contributed by atoms with Crippen LogP contribution in [0.3, 0.4) is 0 Å². The molecule has 0 unspecified atom stereocenters. The molecule has 1 aromatic carbocycles. The van der Waals surface area contributed by atoms with Crippen LogP contribution in [0.25, 0.3) is 0 Å². The Balaban J connectivity index is 1.79. The largest absolute Gasteiger partial charge is 0.496 e. The topological polar surface area (TPSA) is 51.2 Å². The lowest BCUT2D eigenvalue weighted by atomic mass is 9.63. The van der Waals surface area contributed by atoms with Gasteiger partial charge in [0.25, 0.3) is 0 Å². The van der Waals surface area contributed by atoms with Gasteiger partial charge in [-0.25, -0.2) is 0 Å². The molecule has 0 bridgehead atoms. The Morgan fingerprint density at radius 2 is 1.95 bits per heavy atom. The normalized spacial score (nSPS) is 15.7. The van der Waals surface area contributed by atoms with Gasteiger partial charge < -0.3 is 10.1 Å². The number of rotatable bonds is 5. The van der Waals surface area contributed by atoms with E-state index in [-0.39, 0.29) is 5.91 Å². The molecule has 114 valence electrons. The molecule has 1 fully saturated rings. The van der Waals surface area contributed by atoms with Gasteiger partial charge in [-0.1, -0.05) is 24.6 Å². The van der Waals surface area contributed by atoms with Crippen LogP contribution in [0.1, 0.15) is 30.4 Å². The SMILES string of the molecule is COc1ccccc1C1(C(=O)NCc2ccncc2)CCC1. The van der Waals surface area contributed by atoms with Crippen molar-refractivity contribution in [2.45, 2.75) is 31.2 Å². The first-order valence-corrected chi connectivity index (χ1v) is 7.57. The lowest BCUT2D eigenvalue weighted by Gasteiger charge is -2.41. The molecule has 3 rings (SSSR count). The standard InChI is InChI=1S/C18H20N2O2/c1-22-16-6-3-2-5-15(16)18(9-4-10-18)17(21)20-13-14-7-11-19-12-8-14/h2-3,5-8,11-12H,4,9-10,13H2,1H3,(H,20,21). The van der Waals surface area contributed by atoms with Gasteiger partial charge in [0.15, 0.2) is 0 Å². The van der Waals surface area contributed by atoms with Gasteiger partial charge in [-0.3, -0.25) is 9.78 Å². The van der Waals surface area contributed by atoms with Crippen LogP contribution in [0.4, 0.5) is 0 Å². The van der Waals surface area contributed by atoms with E-state index in [1.54, 1.807) is 19.5 Å². The van der Waals surface area contributed by atoms with Crippen LogP contribution in [-0.4, -0.2) is 18.0 Å². The third-order valence-electron chi connectivity index (χ3n) is 4.47. The number of pyridine rings is 1. The molecule has 4 nitrogen and oxygen atoms in total. The van der Waals surface area contributed by atoms with Crippen molar-refractivity contribution in [2.24, 2.45) is 0 Å². The number of amides is 1. The Morgan fingerprint density at radius 3 is 2.59 bits per heavy atom. The molecule has 0 radical (unpaired) electrons. The number of nitrogens with zero attached hydrogens (tertiary/aromatic N) is 1. The van der Waals surface area contributed by atoms with Crippen molar-refractivity contribution in [3.8, 4) is 5.75 Å². The lowest BCUT2D eigenvalue weighted by Crippen LogP contribution is -2.49. The number of carbonyl (C=O) groups excluding carboxylic acids is 1. The van der Waals surface area contributed by atoms with Crippen molar-refractivity contribution in [3.63, 3.8) is 0 Å². The molecule has 2 aromatic rings. The fraction of sp³-hybridized carbons (Fsp3) is 0.333. The van der Waals surface area contributed by atoms with Gasteiger partial charge in [0.05, 0.1) is 12.5 Å². The minimum atomic E-state index is -0.445. The van der Waals surface area contributed by atoms with Crippen LogP contribution in [0.5, 0.6) is 5.75 Å². The predicted molar refractivity (Wildman–Crippen MR) is 84.6 cm³/mol. The summed E-state index contributed by atoms with van der Waals surface area (Å²) in [5.41, 5.74) is 1.61. The zero-order valence-corrected chi connectivity index (χ0v) is 12.7. The number of carbonyl (C=O) groups is 1. The second-order valence-corrected chi connectivity index (χ2v) is 5.67. The number of hydrogen-bond acceptors (Lipinski definition) is 3. The highest BCUT2D eigenvalue weighted by Gasteiger charge is 2.47. The molecule has 0 saturated heterocycles. The molecule has 1 aliphatic carbocycles. The maximum atomic E-state index is 12.8. The van der Waals surface area contributed by atoms with E-state index in [0.29, 0.717) is 6.54 Å². The van der Waals surface area contributed by atoms with E-state index in [1.165, 1.54) is 0 Å². The van der Waals surface area contributed by atoms with Crippen molar-refractivity contribution in [3.05, 3.63) is 59.9 Å². The maximum Gasteiger partial charge on any atom is 0.231 e. The summed E-state index contributed by atoms with van der Waals surface area (Å²) < 4.78 is 5.45. The summed E-state index contributed by atoms with van der Waals surface area (Å²) in [5, 5.41) is 3.07. The number of nitrogens with one attached hydrogen (secondary N) is 1. The average Bonchev–Trinajstić information content (AvgIpc) is 2.53. The first-order valence-electron chi connectivity index (χ1n) is 7.57. The smallest absolute Gasteiger partial charge is 0.231 e. The van der Waals surface area contributed by atoms with E-state index in [2.05, 4.69) is 10.3 Å². The highest BCUT2D eigenvalue weighted by Crippen LogP contribution is 2.47. The van der Waals surface area contributed by atoms with Crippen LogP contribution in [0.15, 0.2) is 48.8 Å². The Morgan fingerprint density at radius 1 is 1.23 bits per heavy atom. The molecular weight excluding hydrogens is 276 g/mol. The van der Waals surface area contributed by atoms with E-state index in [1.807, 2.05) is 36.4 Å². The summed E-state index contributed by atoms with van der Waals surface area (Å²) in [6, 6.07) is 11.7. The van der Waals surface area contributed by atoms with Gasteiger partial charge in [-0.2, -0.15) is 0 Å². The number of ether oxygens (including phenoxy) is 1. The van der Waals surface area contributed by atoms with E-state index in [0.717, 1.165) is 36.1 Å².